The van der Waals surface area contributed by atoms with E-state index < -0.39 is 11.9 Å². The van der Waals surface area contributed by atoms with Crippen LogP contribution in [0.25, 0.3) is 0 Å². The predicted octanol–water partition coefficient (Wildman–Crippen LogP) is 0.308. The average Bonchev–Trinajstić information content (AvgIpc) is 2.00. The fraction of sp³-hybridized carbons (Fsp3) is 0.571. The van der Waals surface area contributed by atoms with Gasteiger partial charge in [-0.1, -0.05) is 0 Å². The third kappa shape index (κ3) is 8.48. The second-order valence-corrected chi connectivity index (χ2v) is 2.30. The fourth-order valence-electron chi connectivity index (χ4n) is 0.423. The summed E-state index contributed by atoms with van der Waals surface area (Å²) in [5, 5.41) is 3.78. The van der Waals surface area contributed by atoms with Crippen LogP contribution in [-0.2, 0) is 29.2 Å². The molecule has 0 saturated heterocycles. The van der Waals surface area contributed by atoms with Gasteiger partial charge in [0.05, 0.1) is 6.42 Å². The third-order valence-electron chi connectivity index (χ3n) is 0.960. The highest BCUT2D eigenvalue weighted by Crippen LogP contribution is 1.94. The molecule has 0 saturated carbocycles. The molecule has 0 atom stereocenters. The standard InChI is InChI=1S/C7H10O6/c1-5(8)3-4-7(10)12-13-11-6(2)9/h3-4H2,1-2H3. The van der Waals surface area contributed by atoms with E-state index in [1.165, 1.54) is 6.92 Å². The Morgan fingerprint density at radius 1 is 1.00 bits per heavy atom. The van der Waals surface area contributed by atoms with Gasteiger partial charge in [0.25, 0.3) is 0 Å². The van der Waals surface area contributed by atoms with E-state index in [-0.39, 0.29) is 18.6 Å². The predicted molar refractivity (Wildman–Crippen MR) is 38.9 cm³/mol. The second-order valence-electron chi connectivity index (χ2n) is 2.30. The first-order chi connectivity index (χ1) is 6.02. The minimum Gasteiger partial charge on any atom is -0.300 e. The summed E-state index contributed by atoms with van der Waals surface area (Å²) in [7, 11) is 0. The summed E-state index contributed by atoms with van der Waals surface area (Å²) in [5.41, 5.74) is 0. The second kappa shape index (κ2) is 6.13. The lowest BCUT2D eigenvalue weighted by Crippen LogP contribution is -2.09. The molecule has 0 N–H and O–H groups in total. The van der Waals surface area contributed by atoms with Crippen molar-refractivity contribution in [2.45, 2.75) is 26.7 Å². The van der Waals surface area contributed by atoms with Gasteiger partial charge < -0.3 is 4.79 Å². The van der Waals surface area contributed by atoms with Gasteiger partial charge in [-0.25, -0.2) is 9.59 Å². The summed E-state index contributed by atoms with van der Waals surface area (Å²) in [6, 6.07) is 0. The van der Waals surface area contributed by atoms with E-state index in [0.717, 1.165) is 6.92 Å². The molecule has 0 rings (SSSR count). The van der Waals surface area contributed by atoms with Crippen LogP contribution < -0.4 is 0 Å². The zero-order chi connectivity index (χ0) is 10.3. The van der Waals surface area contributed by atoms with Gasteiger partial charge in [0, 0.05) is 18.4 Å². The Labute approximate surface area is 74.6 Å². The minimum absolute atomic E-state index is 0.0717. The summed E-state index contributed by atoms with van der Waals surface area (Å²) < 4.78 is 0. The van der Waals surface area contributed by atoms with Crippen LogP contribution in [-0.4, -0.2) is 17.7 Å². The number of hydrogen-bond donors (Lipinski definition) is 0. The lowest BCUT2D eigenvalue weighted by Gasteiger charge is -1.98. The molecule has 0 aliphatic heterocycles. The maximum absolute atomic E-state index is 10.6. The molecule has 0 fully saturated rings. The van der Waals surface area contributed by atoms with Crippen molar-refractivity contribution in [1.82, 2.24) is 0 Å². The summed E-state index contributed by atoms with van der Waals surface area (Å²) >= 11 is 0. The monoisotopic (exact) mass is 190 g/mol. The Hall–Kier alpha value is -1.43. The molecular weight excluding hydrogens is 180 g/mol. The Morgan fingerprint density at radius 3 is 2.08 bits per heavy atom. The first-order valence-electron chi connectivity index (χ1n) is 3.56. The van der Waals surface area contributed by atoms with E-state index in [4.69, 9.17) is 0 Å². The van der Waals surface area contributed by atoms with Crippen LogP contribution in [0.15, 0.2) is 0 Å². The van der Waals surface area contributed by atoms with E-state index in [1.54, 1.807) is 0 Å². The van der Waals surface area contributed by atoms with Crippen molar-refractivity contribution < 1.29 is 29.2 Å². The van der Waals surface area contributed by atoms with Crippen molar-refractivity contribution in [2.24, 2.45) is 0 Å². The number of carbonyl (C=O) groups is 3. The highest BCUT2D eigenvalue weighted by atomic mass is 17.5. The normalized spacial score (nSPS) is 9.08. The molecule has 0 unspecified atom stereocenters. The molecule has 6 nitrogen and oxygen atoms in total. The number of rotatable bonds is 5. The molecule has 0 heterocycles. The van der Waals surface area contributed by atoms with Crippen molar-refractivity contribution in [3.05, 3.63) is 0 Å². The van der Waals surface area contributed by atoms with Gasteiger partial charge >= 0.3 is 11.9 Å². The van der Waals surface area contributed by atoms with Crippen LogP contribution in [0, 0.1) is 0 Å². The largest absolute Gasteiger partial charge is 0.347 e. The Morgan fingerprint density at radius 2 is 1.62 bits per heavy atom. The first-order valence-corrected chi connectivity index (χ1v) is 3.56. The van der Waals surface area contributed by atoms with E-state index in [1.807, 2.05) is 0 Å². The van der Waals surface area contributed by atoms with E-state index >= 15 is 0 Å². The lowest BCUT2D eigenvalue weighted by molar-refractivity contribution is -0.458. The van der Waals surface area contributed by atoms with Gasteiger partial charge in [-0.2, -0.15) is 0 Å². The highest BCUT2D eigenvalue weighted by molar-refractivity contribution is 5.80. The van der Waals surface area contributed by atoms with E-state index in [0.29, 0.717) is 0 Å². The van der Waals surface area contributed by atoms with Gasteiger partial charge in [-0.3, -0.25) is 9.78 Å². The molecule has 0 amide bonds. The Bertz CT molecular complexity index is 209. The number of Topliss-reactive ketones (excluding diaryl/α,β-unsaturated/α-hetero) is 1. The highest BCUT2D eigenvalue weighted by Gasteiger charge is 2.07. The molecule has 6 heteroatoms. The summed E-state index contributed by atoms with van der Waals surface area (Å²) in [4.78, 5) is 39.0. The zero-order valence-electron chi connectivity index (χ0n) is 7.36. The van der Waals surface area contributed by atoms with Gasteiger partial charge in [-0.15, -0.1) is 0 Å². The van der Waals surface area contributed by atoms with Crippen molar-refractivity contribution >= 4 is 17.7 Å². The smallest absolute Gasteiger partial charge is 0.300 e. The van der Waals surface area contributed by atoms with Crippen molar-refractivity contribution in [3.63, 3.8) is 0 Å². The van der Waals surface area contributed by atoms with Crippen LogP contribution in [0.5, 0.6) is 0 Å². The van der Waals surface area contributed by atoms with Crippen LogP contribution >= 0.6 is 0 Å². The lowest BCUT2D eigenvalue weighted by atomic mass is 10.2. The van der Waals surface area contributed by atoms with E-state index in [2.05, 4.69) is 14.8 Å². The Balaban J connectivity index is 3.41. The topological polar surface area (TPSA) is 78.9 Å². The van der Waals surface area contributed by atoms with Crippen LogP contribution in [0.2, 0.25) is 0 Å². The van der Waals surface area contributed by atoms with E-state index in [9.17, 15) is 14.4 Å². The number of carbonyl (C=O) groups excluding carboxylic acids is 3. The third-order valence-corrected chi connectivity index (χ3v) is 0.960. The number of hydrogen-bond acceptors (Lipinski definition) is 6. The van der Waals surface area contributed by atoms with Crippen LogP contribution in [0.3, 0.4) is 0 Å². The first kappa shape index (κ1) is 11.6. The SMILES string of the molecule is CC(=O)CCC(=O)OOOC(C)=O. The minimum atomic E-state index is -0.767. The average molecular weight is 190 g/mol. The maximum atomic E-state index is 10.6. The van der Waals surface area contributed by atoms with Crippen LogP contribution in [0.1, 0.15) is 26.7 Å². The summed E-state index contributed by atoms with van der Waals surface area (Å²) in [5.74, 6) is -1.64. The zero-order valence-corrected chi connectivity index (χ0v) is 7.36. The quantitative estimate of drug-likeness (QED) is 0.458. The molecule has 0 aromatic heterocycles. The van der Waals surface area contributed by atoms with Gasteiger partial charge in [0.2, 0.25) is 0 Å². The molecule has 0 aromatic rings. The molecule has 0 aliphatic carbocycles. The Kier molecular flexibility index (Phi) is 5.45. The van der Waals surface area contributed by atoms with Crippen LogP contribution in [0.4, 0.5) is 0 Å². The molecule has 0 bridgehead atoms. The molecule has 13 heavy (non-hydrogen) atoms. The molecule has 0 spiro atoms. The van der Waals surface area contributed by atoms with Crippen molar-refractivity contribution in [2.75, 3.05) is 0 Å². The molecular formula is C7H10O6. The molecule has 0 radical (unpaired) electrons. The maximum Gasteiger partial charge on any atom is 0.347 e. The van der Waals surface area contributed by atoms with Gasteiger partial charge in [0.15, 0.2) is 0 Å². The summed E-state index contributed by atoms with van der Waals surface area (Å²) in [6.45, 7) is 2.43. The molecule has 0 aromatic carbocycles. The fourth-order valence-corrected chi connectivity index (χ4v) is 0.423. The van der Waals surface area contributed by atoms with Gasteiger partial charge in [0.1, 0.15) is 5.78 Å². The number of ketones is 1. The van der Waals surface area contributed by atoms with Crippen molar-refractivity contribution in [1.29, 1.82) is 0 Å². The van der Waals surface area contributed by atoms with Gasteiger partial charge in [-0.05, 0) is 6.92 Å². The molecule has 0 aliphatic rings. The van der Waals surface area contributed by atoms with Crippen molar-refractivity contribution in [3.8, 4) is 0 Å². The summed E-state index contributed by atoms with van der Waals surface area (Å²) in [6.07, 6.45) is -0.0289. The molecule has 74 valence electrons.